The fourth-order valence-electron chi connectivity index (χ4n) is 1.65. The Kier molecular flexibility index (Phi) is 10.3. The molecule has 0 saturated heterocycles. The Morgan fingerprint density at radius 3 is 2.45 bits per heavy atom. The minimum Gasteiger partial charge on any atom is -0.492 e. The van der Waals surface area contributed by atoms with E-state index in [2.05, 4.69) is 26.1 Å². The molecule has 1 aromatic rings. The van der Waals surface area contributed by atoms with Gasteiger partial charge >= 0.3 is 0 Å². The summed E-state index contributed by atoms with van der Waals surface area (Å²) in [6.07, 6.45) is 1.44. The Morgan fingerprint density at radius 1 is 1.27 bits per heavy atom. The topological polar surface area (TPSA) is 64.3 Å². The van der Waals surface area contributed by atoms with Crippen LogP contribution in [0.4, 0.5) is 5.69 Å². The van der Waals surface area contributed by atoms with Crippen LogP contribution < -0.4 is 15.8 Å². The van der Waals surface area contributed by atoms with Gasteiger partial charge in [0, 0.05) is 23.4 Å². The highest BCUT2D eigenvalue weighted by Crippen LogP contribution is 2.24. The summed E-state index contributed by atoms with van der Waals surface area (Å²) >= 11 is 1.88. The van der Waals surface area contributed by atoms with Gasteiger partial charge in [0.25, 0.3) is 0 Å². The van der Waals surface area contributed by atoms with E-state index in [1.165, 1.54) is 0 Å². The lowest BCUT2D eigenvalue weighted by Gasteiger charge is -2.17. The van der Waals surface area contributed by atoms with Crippen molar-refractivity contribution in [1.29, 1.82) is 0 Å². The summed E-state index contributed by atoms with van der Waals surface area (Å²) in [5.41, 5.74) is 6.17. The van der Waals surface area contributed by atoms with Crippen molar-refractivity contribution < 1.29 is 9.53 Å². The number of carbonyl (C=O) groups is 1. The van der Waals surface area contributed by atoms with E-state index in [0.29, 0.717) is 19.6 Å². The lowest BCUT2D eigenvalue weighted by molar-refractivity contribution is -0.116. The number of halogens is 1. The van der Waals surface area contributed by atoms with E-state index in [1.807, 2.05) is 36.0 Å². The highest BCUT2D eigenvalue weighted by molar-refractivity contribution is 8.00. The average Bonchev–Trinajstić information content (AvgIpc) is 2.42. The van der Waals surface area contributed by atoms with Gasteiger partial charge in [-0.05, 0) is 36.4 Å². The molecule has 126 valence electrons. The molecule has 0 fully saturated rings. The van der Waals surface area contributed by atoms with Crippen LogP contribution in [0, 0.1) is 0 Å². The van der Waals surface area contributed by atoms with Crippen molar-refractivity contribution >= 4 is 35.8 Å². The van der Waals surface area contributed by atoms with Crippen LogP contribution in [0.1, 0.15) is 33.6 Å². The lowest BCUT2D eigenvalue weighted by atomic mass is 10.2. The van der Waals surface area contributed by atoms with Gasteiger partial charge in [-0.3, -0.25) is 4.79 Å². The van der Waals surface area contributed by atoms with Crippen molar-refractivity contribution in [3.8, 4) is 5.75 Å². The van der Waals surface area contributed by atoms with Gasteiger partial charge in [0.1, 0.15) is 12.4 Å². The van der Waals surface area contributed by atoms with Crippen molar-refractivity contribution in [2.24, 2.45) is 5.73 Å². The van der Waals surface area contributed by atoms with Crippen LogP contribution in [0.5, 0.6) is 5.75 Å². The molecule has 0 spiro atoms. The van der Waals surface area contributed by atoms with Gasteiger partial charge in [0.05, 0.1) is 0 Å². The second kappa shape index (κ2) is 10.8. The molecule has 0 aromatic heterocycles. The minimum absolute atomic E-state index is 0. The predicted molar refractivity (Wildman–Crippen MR) is 98.3 cm³/mol. The molecule has 0 aliphatic rings. The third-order valence-corrected chi connectivity index (χ3v) is 3.97. The van der Waals surface area contributed by atoms with Gasteiger partial charge in [0.15, 0.2) is 0 Å². The Morgan fingerprint density at radius 2 is 1.91 bits per heavy atom. The molecule has 22 heavy (non-hydrogen) atoms. The molecule has 0 atom stereocenters. The van der Waals surface area contributed by atoms with Crippen molar-refractivity contribution in [3.05, 3.63) is 24.3 Å². The first-order valence-electron chi connectivity index (χ1n) is 7.27. The third-order valence-electron chi connectivity index (χ3n) is 2.61. The maximum Gasteiger partial charge on any atom is 0.224 e. The number of amides is 1. The lowest BCUT2D eigenvalue weighted by Crippen LogP contribution is -2.13. The fraction of sp³-hybridized carbons (Fsp3) is 0.562. The Hall–Kier alpha value is -0.910. The smallest absolute Gasteiger partial charge is 0.224 e. The standard InChI is InChI=1S/C16H26N2O2S.ClH/c1-16(2,3)21-12-4-5-15(19)18-13-6-8-14(9-7-13)20-11-10-17;/h6-9H,4-5,10-12,17H2,1-3H3,(H,18,19);1H. The van der Waals surface area contributed by atoms with Crippen molar-refractivity contribution in [3.63, 3.8) is 0 Å². The summed E-state index contributed by atoms with van der Waals surface area (Å²) in [6.45, 7) is 7.55. The van der Waals surface area contributed by atoms with E-state index in [-0.39, 0.29) is 23.1 Å². The van der Waals surface area contributed by atoms with Crippen LogP contribution in [0.25, 0.3) is 0 Å². The minimum atomic E-state index is 0. The molecule has 0 unspecified atom stereocenters. The molecule has 0 bridgehead atoms. The Labute approximate surface area is 144 Å². The van der Waals surface area contributed by atoms with Crippen LogP contribution in [-0.2, 0) is 4.79 Å². The zero-order chi connectivity index (χ0) is 15.7. The summed E-state index contributed by atoms with van der Waals surface area (Å²) in [4.78, 5) is 11.8. The van der Waals surface area contributed by atoms with Crippen LogP contribution in [0.15, 0.2) is 24.3 Å². The van der Waals surface area contributed by atoms with E-state index >= 15 is 0 Å². The number of ether oxygens (including phenoxy) is 1. The summed E-state index contributed by atoms with van der Waals surface area (Å²) in [6, 6.07) is 7.35. The first-order valence-corrected chi connectivity index (χ1v) is 8.26. The number of nitrogens with two attached hydrogens (primary N) is 1. The molecule has 0 aliphatic carbocycles. The summed E-state index contributed by atoms with van der Waals surface area (Å²) in [7, 11) is 0. The van der Waals surface area contributed by atoms with Gasteiger partial charge in [0.2, 0.25) is 5.91 Å². The SMILES string of the molecule is CC(C)(C)SCCCC(=O)Nc1ccc(OCCN)cc1.Cl. The quantitative estimate of drug-likeness (QED) is 0.704. The maximum atomic E-state index is 11.8. The van der Waals surface area contributed by atoms with E-state index in [0.717, 1.165) is 23.6 Å². The molecule has 1 aromatic carbocycles. The zero-order valence-electron chi connectivity index (χ0n) is 13.6. The first-order chi connectivity index (χ1) is 9.90. The molecule has 0 saturated carbocycles. The van der Waals surface area contributed by atoms with E-state index < -0.39 is 0 Å². The largest absolute Gasteiger partial charge is 0.492 e. The monoisotopic (exact) mass is 346 g/mol. The van der Waals surface area contributed by atoms with Crippen LogP contribution in [0.3, 0.4) is 0 Å². The molecule has 0 radical (unpaired) electrons. The summed E-state index contributed by atoms with van der Waals surface area (Å²) in [5.74, 6) is 1.82. The van der Waals surface area contributed by atoms with Crippen molar-refractivity contribution in [1.82, 2.24) is 0 Å². The molecular weight excluding hydrogens is 320 g/mol. The molecule has 0 heterocycles. The highest BCUT2D eigenvalue weighted by atomic mass is 35.5. The van der Waals surface area contributed by atoms with E-state index in [1.54, 1.807) is 0 Å². The van der Waals surface area contributed by atoms with Crippen LogP contribution in [0.2, 0.25) is 0 Å². The summed E-state index contributed by atoms with van der Waals surface area (Å²) in [5, 5.41) is 2.89. The number of nitrogens with one attached hydrogen (secondary N) is 1. The number of rotatable bonds is 8. The van der Waals surface area contributed by atoms with Crippen molar-refractivity contribution in [2.45, 2.75) is 38.4 Å². The highest BCUT2D eigenvalue weighted by Gasteiger charge is 2.10. The second-order valence-corrected chi connectivity index (χ2v) is 7.70. The van der Waals surface area contributed by atoms with Gasteiger partial charge in [-0.1, -0.05) is 20.8 Å². The maximum absolute atomic E-state index is 11.8. The molecule has 1 rings (SSSR count). The molecule has 3 N–H and O–H groups in total. The number of carbonyl (C=O) groups excluding carboxylic acids is 1. The van der Waals surface area contributed by atoms with Crippen LogP contribution in [-0.4, -0.2) is 29.6 Å². The Balaban J connectivity index is 0.00000441. The zero-order valence-corrected chi connectivity index (χ0v) is 15.2. The van der Waals surface area contributed by atoms with Gasteiger partial charge in [-0.2, -0.15) is 11.8 Å². The summed E-state index contributed by atoms with van der Waals surface area (Å²) < 4.78 is 5.65. The van der Waals surface area contributed by atoms with Gasteiger partial charge in [-0.25, -0.2) is 0 Å². The third kappa shape index (κ3) is 9.92. The first kappa shape index (κ1) is 21.1. The van der Waals surface area contributed by atoms with Crippen LogP contribution >= 0.6 is 24.2 Å². The second-order valence-electron chi connectivity index (χ2n) is 5.77. The molecule has 6 heteroatoms. The molecule has 4 nitrogen and oxygen atoms in total. The van der Waals surface area contributed by atoms with E-state index in [9.17, 15) is 4.79 Å². The number of hydrogen-bond donors (Lipinski definition) is 2. The number of anilines is 1. The number of benzene rings is 1. The van der Waals surface area contributed by atoms with Crippen molar-refractivity contribution in [2.75, 3.05) is 24.2 Å². The molecular formula is C16H27ClN2O2S. The predicted octanol–water partition coefficient (Wildman–Crippen LogP) is 3.70. The van der Waals surface area contributed by atoms with Gasteiger partial charge < -0.3 is 15.8 Å². The van der Waals surface area contributed by atoms with E-state index in [4.69, 9.17) is 10.5 Å². The van der Waals surface area contributed by atoms with Gasteiger partial charge in [-0.15, -0.1) is 12.4 Å². The fourth-order valence-corrected chi connectivity index (χ4v) is 2.55. The molecule has 0 aliphatic heterocycles. The average molecular weight is 347 g/mol. The number of thioether (sulfide) groups is 1. The molecule has 1 amide bonds. The number of hydrogen-bond acceptors (Lipinski definition) is 4. The Bertz CT molecular complexity index is 433. The normalized spacial score (nSPS) is 10.7.